The Morgan fingerprint density at radius 2 is 1.09 bits per heavy atom. The lowest BCUT2D eigenvalue weighted by molar-refractivity contribution is 0.875. The van der Waals surface area contributed by atoms with Gasteiger partial charge in [0.1, 0.15) is 0 Å². The molecule has 0 N–H and O–H groups in total. The van der Waals surface area contributed by atoms with Gasteiger partial charge in [-0.05, 0) is 74.9 Å². The highest BCUT2D eigenvalue weighted by Crippen LogP contribution is 2.44. The van der Waals surface area contributed by atoms with Crippen LogP contribution in [0.5, 0.6) is 0 Å². The van der Waals surface area contributed by atoms with Crippen LogP contribution in [-0.2, 0) is 0 Å². The minimum absolute atomic E-state index is 0. The first-order chi connectivity index (χ1) is 15.0. The van der Waals surface area contributed by atoms with Crippen LogP contribution in [-0.4, -0.2) is 0 Å². The van der Waals surface area contributed by atoms with Crippen LogP contribution >= 0.6 is 0 Å². The van der Waals surface area contributed by atoms with Gasteiger partial charge in [-0.2, -0.15) is 5.26 Å². The molecule has 0 aromatic heterocycles. The summed E-state index contributed by atoms with van der Waals surface area (Å²) in [6.07, 6.45) is 2.76. The van der Waals surface area contributed by atoms with Crippen molar-refractivity contribution in [3.05, 3.63) is 95.1 Å². The van der Waals surface area contributed by atoms with Gasteiger partial charge in [0, 0.05) is 0 Å². The Morgan fingerprint density at radius 1 is 0.636 bits per heavy atom. The SMILES string of the molecule is C.C.CC(C)c1ccc(C#N)c2ccccc12.CC(C)c1ccc(C2CC2)c2ccccc12. The van der Waals surface area contributed by atoms with E-state index in [2.05, 4.69) is 82.3 Å². The predicted octanol–water partition coefficient (Wildman–Crippen LogP) is 9.95. The molecular formula is C32H39N. The Hall–Kier alpha value is -3.11. The first kappa shape index (κ1) is 26.1. The van der Waals surface area contributed by atoms with Crippen LogP contribution < -0.4 is 0 Å². The maximum absolute atomic E-state index is 9.02. The molecule has 0 spiro atoms. The highest BCUT2D eigenvalue weighted by molar-refractivity contribution is 5.91. The van der Waals surface area contributed by atoms with E-state index >= 15 is 0 Å². The fourth-order valence-electron chi connectivity index (χ4n) is 4.52. The predicted molar refractivity (Wildman–Crippen MR) is 146 cm³/mol. The number of benzene rings is 4. The van der Waals surface area contributed by atoms with Crippen molar-refractivity contribution in [2.24, 2.45) is 0 Å². The summed E-state index contributed by atoms with van der Waals surface area (Å²) < 4.78 is 0. The number of fused-ring (bicyclic) bond motifs is 2. The number of nitriles is 1. The van der Waals surface area contributed by atoms with Crippen LogP contribution in [0.15, 0.2) is 72.8 Å². The van der Waals surface area contributed by atoms with Gasteiger partial charge in [-0.1, -0.05) is 109 Å². The van der Waals surface area contributed by atoms with Crippen molar-refractivity contribution >= 4 is 21.5 Å². The highest BCUT2D eigenvalue weighted by atomic mass is 14.3. The Bertz CT molecular complexity index is 1210. The third-order valence-corrected chi connectivity index (χ3v) is 6.33. The van der Waals surface area contributed by atoms with Crippen LogP contribution in [0, 0.1) is 11.3 Å². The monoisotopic (exact) mass is 437 g/mol. The summed E-state index contributed by atoms with van der Waals surface area (Å²) in [4.78, 5) is 0. The van der Waals surface area contributed by atoms with Gasteiger partial charge in [0.2, 0.25) is 0 Å². The molecule has 4 aromatic rings. The van der Waals surface area contributed by atoms with E-state index in [1.54, 1.807) is 5.56 Å². The summed E-state index contributed by atoms with van der Waals surface area (Å²) in [6, 6.07) is 27.9. The van der Waals surface area contributed by atoms with E-state index in [1.165, 1.54) is 40.1 Å². The van der Waals surface area contributed by atoms with Crippen molar-refractivity contribution in [2.45, 2.75) is 73.1 Å². The van der Waals surface area contributed by atoms with Crippen LogP contribution in [0.4, 0.5) is 0 Å². The summed E-state index contributed by atoms with van der Waals surface area (Å²) in [5.41, 5.74) is 5.12. The molecule has 1 saturated carbocycles. The first-order valence-electron chi connectivity index (χ1n) is 11.4. The number of hydrogen-bond acceptors (Lipinski definition) is 1. The number of hydrogen-bond donors (Lipinski definition) is 0. The topological polar surface area (TPSA) is 23.8 Å². The van der Waals surface area contributed by atoms with E-state index < -0.39 is 0 Å². The summed E-state index contributed by atoms with van der Waals surface area (Å²) in [5.74, 6) is 1.94. The van der Waals surface area contributed by atoms with E-state index in [0.29, 0.717) is 11.8 Å². The van der Waals surface area contributed by atoms with Crippen LogP contribution in [0.1, 0.15) is 95.4 Å². The third-order valence-electron chi connectivity index (χ3n) is 6.33. The lowest BCUT2D eigenvalue weighted by Gasteiger charge is -2.13. The molecule has 0 amide bonds. The molecule has 1 nitrogen and oxygen atoms in total. The molecule has 0 saturated heterocycles. The molecule has 1 aliphatic carbocycles. The van der Waals surface area contributed by atoms with Gasteiger partial charge < -0.3 is 0 Å². The molecule has 33 heavy (non-hydrogen) atoms. The largest absolute Gasteiger partial charge is 0.192 e. The lowest BCUT2D eigenvalue weighted by Crippen LogP contribution is -1.92. The van der Waals surface area contributed by atoms with Gasteiger partial charge in [0.05, 0.1) is 11.6 Å². The molecule has 1 aliphatic rings. The summed E-state index contributed by atoms with van der Waals surface area (Å²) in [7, 11) is 0. The molecule has 1 fully saturated rings. The van der Waals surface area contributed by atoms with Gasteiger partial charge >= 0.3 is 0 Å². The van der Waals surface area contributed by atoms with Crippen molar-refractivity contribution < 1.29 is 0 Å². The minimum Gasteiger partial charge on any atom is -0.192 e. The summed E-state index contributed by atoms with van der Waals surface area (Å²) >= 11 is 0. The molecule has 0 radical (unpaired) electrons. The second kappa shape index (κ2) is 11.2. The Labute approximate surface area is 201 Å². The van der Waals surface area contributed by atoms with Crippen molar-refractivity contribution in [1.82, 2.24) is 0 Å². The van der Waals surface area contributed by atoms with Gasteiger partial charge in [-0.25, -0.2) is 0 Å². The molecule has 5 rings (SSSR count). The molecule has 0 heterocycles. The molecule has 0 atom stereocenters. The molecule has 1 heteroatoms. The Kier molecular flexibility index (Phi) is 8.84. The van der Waals surface area contributed by atoms with E-state index in [1.807, 2.05) is 24.3 Å². The molecule has 0 unspecified atom stereocenters. The zero-order chi connectivity index (χ0) is 22.0. The second-order valence-electron chi connectivity index (χ2n) is 9.23. The van der Waals surface area contributed by atoms with Crippen molar-refractivity contribution in [1.29, 1.82) is 5.26 Å². The molecule has 172 valence electrons. The maximum Gasteiger partial charge on any atom is 0.0998 e. The van der Waals surface area contributed by atoms with Crippen LogP contribution in [0.3, 0.4) is 0 Å². The van der Waals surface area contributed by atoms with Crippen LogP contribution in [0.25, 0.3) is 21.5 Å². The van der Waals surface area contributed by atoms with E-state index in [4.69, 9.17) is 5.26 Å². The van der Waals surface area contributed by atoms with Gasteiger partial charge in [-0.3, -0.25) is 0 Å². The summed E-state index contributed by atoms with van der Waals surface area (Å²) in [6.45, 7) is 8.90. The van der Waals surface area contributed by atoms with Crippen LogP contribution in [0.2, 0.25) is 0 Å². The van der Waals surface area contributed by atoms with Crippen molar-refractivity contribution in [3.63, 3.8) is 0 Å². The molecule has 0 bridgehead atoms. The molecule has 0 aliphatic heterocycles. The standard InChI is InChI=1S/C16H18.C14H13N.2CH4/c1-11(2)13-9-10-14(12-7-8-12)16-6-4-3-5-15(13)16;1-10(2)12-8-7-11(9-15)13-5-3-4-6-14(12)13;;/h3-6,9-12H,7-8H2,1-2H3;3-8,10H,1-2H3;2*1H4. The minimum atomic E-state index is 0. The zero-order valence-electron chi connectivity index (χ0n) is 19.0. The number of nitrogens with zero attached hydrogens (tertiary/aromatic N) is 1. The fraction of sp³-hybridized carbons (Fsp3) is 0.344. The van der Waals surface area contributed by atoms with Gasteiger partial charge in [-0.15, -0.1) is 0 Å². The van der Waals surface area contributed by atoms with Crippen molar-refractivity contribution in [3.8, 4) is 6.07 Å². The fourth-order valence-corrected chi connectivity index (χ4v) is 4.52. The maximum atomic E-state index is 9.02. The lowest BCUT2D eigenvalue weighted by atomic mass is 9.92. The average Bonchev–Trinajstić information content (AvgIpc) is 3.63. The Balaban J connectivity index is 0.000000221. The summed E-state index contributed by atoms with van der Waals surface area (Å²) in [5, 5.41) is 14.2. The third kappa shape index (κ3) is 5.45. The quantitative estimate of drug-likeness (QED) is 0.313. The van der Waals surface area contributed by atoms with Crippen molar-refractivity contribution in [2.75, 3.05) is 0 Å². The second-order valence-corrected chi connectivity index (χ2v) is 9.23. The van der Waals surface area contributed by atoms with E-state index in [0.717, 1.165) is 16.9 Å². The molecule has 4 aromatic carbocycles. The van der Waals surface area contributed by atoms with Gasteiger partial charge in [0.25, 0.3) is 0 Å². The average molecular weight is 438 g/mol. The normalized spacial score (nSPS) is 12.5. The van der Waals surface area contributed by atoms with Gasteiger partial charge in [0.15, 0.2) is 0 Å². The first-order valence-corrected chi connectivity index (χ1v) is 11.4. The van der Waals surface area contributed by atoms with E-state index in [9.17, 15) is 0 Å². The molecular weight excluding hydrogens is 398 g/mol. The smallest absolute Gasteiger partial charge is 0.0998 e. The highest BCUT2D eigenvalue weighted by Gasteiger charge is 2.25. The number of rotatable bonds is 3. The van der Waals surface area contributed by atoms with E-state index in [-0.39, 0.29) is 14.9 Å². The Morgan fingerprint density at radius 3 is 1.58 bits per heavy atom. The zero-order valence-corrected chi connectivity index (χ0v) is 19.0.